The van der Waals surface area contributed by atoms with Gasteiger partial charge in [0.15, 0.2) is 0 Å². The van der Waals surface area contributed by atoms with Crippen LogP contribution in [0.5, 0.6) is 5.75 Å². The molecule has 0 aliphatic carbocycles. The van der Waals surface area contributed by atoms with E-state index in [4.69, 9.17) is 4.74 Å². The van der Waals surface area contributed by atoms with Crippen molar-refractivity contribution in [2.24, 2.45) is 5.92 Å². The minimum absolute atomic E-state index is 0.210. The van der Waals surface area contributed by atoms with Crippen molar-refractivity contribution in [3.8, 4) is 5.75 Å². The van der Waals surface area contributed by atoms with Crippen LogP contribution in [0.2, 0.25) is 0 Å². The van der Waals surface area contributed by atoms with E-state index in [0.29, 0.717) is 23.9 Å². The highest BCUT2D eigenvalue weighted by Crippen LogP contribution is 2.23. The number of para-hydroxylation sites is 2. The summed E-state index contributed by atoms with van der Waals surface area (Å²) in [6.07, 6.45) is 5.54. The number of ether oxygens (including phenoxy) is 1. The van der Waals surface area contributed by atoms with E-state index in [-0.39, 0.29) is 6.03 Å². The number of benzene rings is 1. The van der Waals surface area contributed by atoms with E-state index in [1.165, 1.54) is 0 Å². The van der Waals surface area contributed by atoms with Gasteiger partial charge in [0, 0.05) is 32.0 Å². The van der Waals surface area contributed by atoms with Gasteiger partial charge in [-0.05, 0) is 37.0 Å². The number of piperidine rings is 1. The Labute approximate surface area is 147 Å². The zero-order valence-electron chi connectivity index (χ0n) is 14.3. The van der Waals surface area contributed by atoms with Crippen molar-refractivity contribution in [3.05, 3.63) is 42.7 Å². The zero-order valence-corrected chi connectivity index (χ0v) is 14.3. The number of urea groups is 1. The van der Waals surface area contributed by atoms with Crippen molar-refractivity contribution in [1.29, 1.82) is 0 Å². The highest BCUT2D eigenvalue weighted by atomic mass is 16.5. The molecule has 0 unspecified atom stereocenters. The fourth-order valence-electron chi connectivity index (χ4n) is 2.94. The van der Waals surface area contributed by atoms with Crippen LogP contribution < -0.4 is 20.3 Å². The van der Waals surface area contributed by atoms with E-state index < -0.39 is 0 Å². The molecule has 2 N–H and O–H groups in total. The van der Waals surface area contributed by atoms with Gasteiger partial charge in [-0.2, -0.15) is 0 Å². The molecule has 0 saturated carbocycles. The maximum absolute atomic E-state index is 12.1. The molecule has 3 rings (SSSR count). The van der Waals surface area contributed by atoms with E-state index in [1.807, 2.05) is 30.3 Å². The first-order valence-corrected chi connectivity index (χ1v) is 8.46. The van der Waals surface area contributed by atoms with Crippen LogP contribution in [-0.4, -0.2) is 42.7 Å². The van der Waals surface area contributed by atoms with Gasteiger partial charge in [0.2, 0.25) is 5.95 Å². The van der Waals surface area contributed by atoms with Crippen molar-refractivity contribution in [2.75, 3.05) is 37.0 Å². The second-order valence-corrected chi connectivity index (χ2v) is 6.01. The van der Waals surface area contributed by atoms with Gasteiger partial charge in [0.05, 0.1) is 12.8 Å². The Balaban J connectivity index is 1.43. The molecule has 0 spiro atoms. The average molecular weight is 341 g/mol. The quantitative estimate of drug-likeness (QED) is 0.874. The molecule has 0 atom stereocenters. The van der Waals surface area contributed by atoms with Crippen molar-refractivity contribution in [1.82, 2.24) is 15.3 Å². The van der Waals surface area contributed by atoms with Crippen LogP contribution in [0, 0.1) is 5.92 Å². The van der Waals surface area contributed by atoms with Crippen LogP contribution in [0.3, 0.4) is 0 Å². The van der Waals surface area contributed by atoms with E-state index in [9.17, 15) is 4.79 Å². The number of anilines is 2. The second kappa shape index (κ2) is 8.32. The molecule has 1 saturated heterocycles. The molecule has 0 radical (unpaired) electrons. The fraction of sp³-hybridized carbons (Fsp3) is 0.389. The third-order valence-electron chi connectivity index (χ3n) is 4.36. The highest BCUT2D eigenvalue weighted by molar-refractivity contribution is 5.90. The zero-order chi connectivity index (χ0) is 17.5. The number of rotatable bonds is 5. The lowest BCUT2D eigenvalue weighted by molar-refractivity contribution is 0.248. The van der Waals surface area contributed by atoms with Crippen molar-refractivity contribution >= 4 is 17.7 Å². The highest BCUT2D eigenvalue weighted by Gasteiger charge is 2.21. The predicted octanol–water partition coefficient (Wildman–Crippen LogP) is 2.52. The first kappa shape index (κ1) is 17.0. The molecule has 2 heterocycles. The molecule has 2 aromatic rings. The summed E-state index contributed by atoms with van der Waals surface area (Å²) in [5.74, 6) is 1.89. The Morgan fingerprint density at radius 2 is 1.92 bits per heavy atom. The number of hydrogen-bond donors (Lipinski definition) is 2. The van der Waals surface area contributed by atoms with Crippen LogP contribution in [0.1, 0.15) is 12.8 Å². The summed E-state index contributed by atoms with van der Waals surface area (Å²) in [5.41, 5.74) is 0.665. The Hall–Kier alpha value is -2.83. The number of aromatic nitrogens is 2. The van der Waals surface area contributed by atoms with Gasteiger partial charge in [-0.15, -0.1) is 0 Å². The maximum Gasteiger partial charge on any atom is 0.319 e. The minimum Gasteiger partial charge on any atom is -0.495 e. The molecule has 132 valence electrons. The van der Waals surface area contributed by atoms with Gasteiger partial charge in [0.1, 0.15) is 5.75 Å². The molecule has 1 aliphatic rings. The van der Waals surface area contributed by atoms with Gasteiger partial charge in [-0.25, -0.2) is 14.8 Å². The van der Waals surface area contributed by atoms with E-state index in [2.05, 4.69) is 25.5 Å². The SMILES string of the molecule is COc1ccccc1NC(=O)NCC1CCN(c2ncccn2)CC1. The Kier molecular flexibility index (Phi) is 5.66. The Bertz CT molecular complexity index is 687. The van der Waals surface area contributed by atoms with E-state index in [1.54, 1.807) is 19.5 Å². The van der Waals surface area contributed by atoms with Crippen molar-refractivity contribution in [2.45, 2.75) is 12.8 Å². The lowest BCUT2D eigenvalue weighted by atomic mass is 9.97. The normalized spacial score (nSPS) is 14.8. The average Bonchev–Trinajstić information content (AvgIpc) is 2.68. The largest absolute Gasteiger partial charge is 0.495 e. The maximum atomic E-state index is 12.1. The summed E-state index contributed by atoms with van der Waals surface area (Å²) in [6, 6.07) is 8.97. The molecular formula is C18H23N5O2. The first-order chi connectivity index (χ1) is 12.3. The molecule has 1 aliphatic heterocycles. The number of nitrogens with zero attached hydrogens (tertiary/aromatic N) is 3. The lowest BCUT2D eigenvalue weighted by Gasteiger charge is -2.31. The van der Waals surface area contributed by atoms with Crippen molar-refractivity contribution in [3.63, 3.8) is 0 Å². The first-order valence-electron chi connectivity index (χ1n) is 8.46. The number of carbonyl (C=O) groups is 1. The van der Waals surface area contributed by atoms with Crippen LogP contribution in [0.4, 0.5) is 16.4 Å². The number of methoxy groups -OCH3 is 1. The standard InChI is InChI=1S/C18H23N5O2/c1-25-16-6-3-2-5-15(16)22-18(24)21-13-14-7-11-23(12-8-14)17-19-9-4-10-20-17/h2-6,9-10,14H,7-8,11-13H2,1H3,(H2,21,22,24). The fourth-order valence-corrected chi connectivity index (χ4v) is 2.94. The summed E-state index contributed by atoms with van der Waals surface area (Å²) in [6.45, 7) is 2.47. The van der Waals surface area contributed by atoms with Gasteiger partial charge in [-0.1, -0.05) is 12.1 Å². The Morgan fingerprint density at radius 1 is 1.20 bits per heavy atom. The molecule has 1 aromatic heterocycles. The van der Waals surface area contributed by atoms with Gasteiger partial charge in [-0.3, -0.25) is 0 Å². The molecular weight excluding hydrogens is 318 g/mol. The Morgan fingerprint density at radius 3 is 2.64 bits per heavy atom. The lowest BCUT2D eigenvalue weighted by Crippen LogP contribution is -2.40. The van der Waals surface area contributed by atoms with Crippen molar-refractivity contribution < 1.29 is 9.53 Å². The van der Waals surface area contributed by atoms with Gasteiger partial charge >= 0.3 is 6.03 Å². The van der Waals surface area contributed by atoms with E-state index in [0.717, 1.165) is 31.9 Å². The molecule has 7 nitrogen and oxygen atoms in total. The number of nitrogens with one attached hydrogen (secondary N) is 2. The number of carbonyl (C=O) groups excluding carboxylic acids is 1. The molecule has 25 heavy (non-hydrogen) atoms. The van der Waals surface area contributed by atoms with Crippen LogP contribution in [-0.2, 0) is 0 Å². The molecule has 7 heteroatoms. The van der Waals surface area contributed by atoms with E-state index >= 15 is 0 Å². The van der Waals surface area contributed by atoms with Crippen LogP contribution >= 0.6 is 0 Å². The molecule has 2 amide bonds. The summed E-state index contributed by atoms with van der Waals surface area (Å²) < 4.78 is 5.23. The third-order valence-corrected chi connectivity index (χ3v) is 4.36. The number of amides is 2. The smallest absolute Gasteiger partial charge is 0.319 e. The van der Waals surface area contributed by atoms with Crippen LogP contribution in [0.15, 0.2) is 42.7 Å². The van der Waals surface area contributed by atoms with Gasteiger partial charge in [0.25, 0.3) is 0 Å². The second-order valence-electron chi connectivity index (χ2n) is 6.01. The third kappa shape index (κ3) is 4.59. The number of hydrogen-bond acceptors (Lipinski definition) is 5. The predicted molar refractivity (Wildman–Crippen MR) is 97.0 cm³/mol. The summed E-state index contributed by atoms with van der Waals surface area (Å²) in [4.78, 5) is 22.9. The monoisotopic (exact) mass is 341 g/mol. The molecule has 1 aromatic carbocycles. The minimum atomic E-state index is -0.210. The summed E-state index contributed by atoms with van der Waals surface area (Å²) in [5, 5.41) is 5.78. The van der Waals surface area contributed by atoms with Gasteiger partial charge < -0.3 is 20.3 Å². The molecule has 0 bridgehead atoms. The summed E-state index contributed by atoms with van der Waals surface area (Å²) >= 11 is 0. The summed E-state index contributed by atoms with van der Waals surface area (Å²) in [7, 11) is 1.59. The molecule has 1 fully saturated rings. The van der Waals surface area contributed by atoms with Crippen LogP contribution in [0.25, 0.3) is 0 Å². The topological polar surface area (TPSA) is 79.4 Å².